The summed E-state index contributed by atoms with van der Waals surface area (Å²) in [5.41, 5.74) is 0. The molecule has 0 fully saturated rings. The zero-order chi connectivity index (χ0) is 8.97. The summed E-state index contributed by atoms with van der Waals surface area (Å²) >= 11 is 2.86. The summed E-state index contributed by atoms with van der Waals surface area (Å²) in [5.74, 6) is 0.428. The number of hydrogen-bond donors (Lipinski definition) is 1. The molecule has 4 nitrogen and oxygen atoms in total. The van der Waals surface area contributed by atoms with E-state index in [9.17, 15) is 4.79 Å². The number of nitrogens with zero attached hydrogens (tertiary/aromatic N) is 2. The van der Waals surface area contributed by atoms with Crippen molar-refractivity contribution in [2.45, 2.75) is 6.92 Å². The molecule has 1 N–H and O–H groups in total. The molecular formula is C6H9N3OS2. The monoisotopic (exact) mass is 203 g/mol. The Kier molecular flexibility index (Phi) is 3.48. The molecule has 0 radical (unpaired) electrons. The van der Waals surface area contributed by atoms with Crippen molar-refractivity contribution < 1.29 is 4.79 Å². The highest BCUT2D eigenvalue weighted by Crippen LogP contribution is 2.13. The van der Waals surface area contributed by atoms with Crippen LogP contribution in [0.1, 0.15) is 5.01 Å². The van der Waals surface area contributed by atoms with Crippen molar-refractivity contribution in [1.29, 1.82) is 0 Å². The van der Waals surface area contributed by atoms with E-state index in [1.54, 1.807) is 0 Å². The highest BCUT2D eigenvalue weighted by Gasteiger charge is 2.04. The molecule has 0 aliphatic heterocycles. The number of carbonyl (C=O) groups is 1. The van der Waals surface area contributed by atoms with Gasteiger partial charge in [0.15, 0.2) is 0 Å². The van der Waals surface area contributed by atoms with Gasteiger partial charge < -0.3 is 0 Å². The van der Waals surface area contributed by atoms with Gasteiger partial charge in [-0.1, -0.05) is 11.3 Å². The molecule has 0 unspecified atom stereocenters. The number of rotatable bonds is 3. The summed E-state index contributed by atoms with van der Waals surface area (Å²) in [4.78, 5) is 11.0. The van der Waals surface area contributed by atoms with Crippen LogP contribution in [0.3, 0.4) is 0 Å². The molecule has 66 valence electrons. The maximum Gasteiger partial charge on any atom is 0.236 e. The van der Waals surface area contributed by atoms with E-state index in [1.807, 2.05) is 13.2 Å². The van der Waals surface area contributed by atoms with Crippen molar-refractivity contribution >= 4 is 34.1 Å². The molecule has 12 heavy (non-hydrogen) atoms. The Labute approximate surface area is 78.8 Å². The summed E-state index contributed by atoms with van der Waals surface area (Å²) in [5, 5.41) is 11.6. The Hall–Kier alpha value is -0.620. The Morgan fingerprint density at radius 2 is 2.42 bits per heavy atom. The van der Waals surface area contributed by atoms with Crippen LogP contribution in [0.4, 0.5) is 5.13 Å². The SMILES string of the molecule is CSCC(=O)Nc1nnc(C)s1. The normalized spacial score (nSPS) is 9.83. The lowest BCUT2D eigenvalue weighted by atomic mass is 10.7. The van der Waals surface area contributed by atoms with Gasteiger partial charge in [0.25, 0.3) is 0 Å². The number of aromatic nitrogens is 2. The lowest BCUT2D eigenvalue weighted by Gasteiger charge is -1.96. The van der Waals surface area contributed by atoms with Gasteiger partial charge in [-0.15, -0.1) is 10.2 Å². The van der Waals surface area contributed by atoms with Crippen molar-refractivity contribution in [2.75, 3.05) is 17.3 Å². The van der Waals surface area contributed by atoms with E-state index in [2.05, 4.69) is 15.5 Å². The fraction of sp³-hybridized carbons (Fsp3) is 0.500. The third kappa shape index (κ3) is 2.78. The van der Waals surface area contributed by atoms with Gasteiger partial charge in [0.05, 0.1) is 5.75 Å². The van der Waals surface area contributed by atoms with E-state index in [1.165, 1.54) is 23.1 Å². The number of amides is 1. The van der Waals surface area contributed by atoms with Crippen LogP contribution in [0.15, 0.2) is 0 Å². The molecule has 0 bridgehead atoms. The van der Waals surface area contributed by atoms with E-state index in [4.69, 9.17) is 0 Å². The zero-order valence-corrected chi connectivity index (χ0v) is 8.46. The molecule has 0 spiro atoms. The first kappa shape index (κ1) is 9.47. The summed E-state index contributed by atoms with van der Waals surface area (Å²) < 4.78 is 0. The van der Waals surface area contributed by atoms with Gasteiger partial charge in [0.2, 0.25) is 11.0 Å². The minimum Gasteiger partial charge on any atom is -0.300 e. The molecule has 1 amide bonds. The zero-order valence-electron chi connectivity index (χ0n) is 6.83. The highest BCUT2D eigenvalue weighted by atomic mass is 32.2. The third-order valence-corrected chi connectivity index (χ3v) is 2.35. The molecule has 0 saturated carbocycles. The van der Waals surface area contributed by atoms with Crippen LogP contribution in [-0.4, -0.2) is 28.1 Å². The predicted molar refractivity (Wildman–Crippen MR) is 51.7 cm³/mol. The number of aryl methyl sites for hydroxylation is 1. The first-order valence-corrected chi connectivity index (χ1v) is 5.52. The topological polar surface area (TPSA) is 54.9 Å². The molecule has 6 heteroatoms. The van der Waals surface area contributed by atoms with Gasteiger partial charge in [0, 0.05) is 0 Å². The van der Waals surface area contributed by atoms with Crippen molar-refractivity contribution in [1.82, 2.24) is 10.2 Å². The average Bonchev–Trinajstić information content (AvgIpc) is 2.36. The van der Waals surface area contributed by atoms with Crippen LogP contribution in [-0.2, 0) is 4.79 Å². The second-order valence-electron chi connectivity index (χ2n) is 2.11. The van der Waals surface area contributed by atoms with Crippen LogP contribution in [0, 0.1) is 6.92 Å². The van der Waals surface area contributed by atoms with Crippen LogP contribution < -0.4 is 5.32 Å². The number of carbonyl (C=O) groups excluding carboxylic acids is 1. The average molecular weight is 203 g/mol. The molecule has 0 saturated heterocycles. The summed E-state index contributed by atoms with van der Waals surface area (Å²) in [6.07, 6.45) is 1.88. The van der Waals surface area contributed by atoms with Crippen molar-refractivity contribution in [3.8, 4) is 0 Å². The molecule has 0 atom stereocenters. The molecule has 1 aromatic heterocycles. The van der Waals surface area contributed by atoms with Gasteiger partial charge in [-0.25, -0.2) is 0 Å². The Balaban J connectivity index is 2.46. The summed E-state index contributed by atoms with van der Waals surface area (Å²) in [6, 6.07) is 0. The van der Waals surface area contributed by atoms with Crippen LogP contribution >= 0.6 is 23.1 Å². The van der Waals surface area contributed by atoms with Crippen molar-refractivity contribution in [3.05, 3.63) is 5.01 Å². The number of hydrogen-bond acceptors (Lipinski definition) is 5. The van der Waals surface area contributed by atoms with Crippen LogP contribution in [0.2, 0.25) is 0 Å². The molecule has 0 aliphatic carbocycles. The standard InChI is InChI=1S/C6H9N3OS2/c1-4-8-9-6(12-4)7-5(10)3-11-2/h3H2,1-2H3,(H,7,9,10). The molecule has 0 aromatic carbocycles. The molecule has 1 rings (SSSR count). The maximum absolute atomic E-state index is 11.0. The quantitative estimate of drug-likeness (QED) is 0.800. The van der Waals surface area contributed by atoms with E-state index < -0.39 is 0 Å². The summed E-state index contributed by atoms with van der Waals surface area (Å²) in [7, 11) is 0. The molecule has 1 aromatic rings. The van der Waals surface area contributed by atoms with Crippen molar-refractivity contribution in [2.24, 2.45) is 0 Å². The van der Waals surface area contributed by atoms with Crippen LogP contribution in [0.25, 0.3) is 0 Å². The smallest absolute Gasteiger partial charge is 0.236 e. The van der Waals surface area contributed by atoms with Crippen molar-refractivity contribution in [3.63, 3.8) is 0 Å². The first-order valence-electron chi connectivity index (χ1n) is 3.31. The van der Waals surface area contributed by atoms with Gasteiger partial charge in [-0.05, 0) is 13.2 Å². The largest absolute Gasteiger partial charge is 0.300 e. The van der Waals surface area contributed by atoms with Gasteiger partial charge in [-0.2, -0.15) is 11.8 Å². The number of nitrogens with one attached hydrogen (secondary N) is 1. The molecule has 1 heterocycles. The van der Waals surface area contributed by atoms with E-state index in [0.29, 0.717) is 10.9 Å². The van der Waals surface area contributed by atoms with Crippen LogP contribution in [0.5, 0.6) is 0 Å². The van der Waals surface area contributed by atoms with E-state index in [0.717, 1.165) is 5.01 Å². The lowest BCUT2D eigenvalue weighted by Crippen LogP contribution is -2.13. The second kappa shape index (κ2) is 4.42. The number of thioether (sulfide) groups is 1. The Morgan fingerprint density at radius 3 is 2.92 bits per heavy atom. The fourth-order valence-electron chi connectivity index (χ4n) is 0.634. The van der Waals surface area contributed by atoms with Gasteiger partial charge in [-0.3, -0.25) is 10.1 Å². The predicted octanol–water partition coefficient (Wildman–Crippen LogP) is 1.15. The van der Waals surface area contributed by atoms with Gasteiger partial charge >= 0.3 is 0 Å². The second-order valence-corrected chi connectivity index (χ2v) is 4.16. The first-order chi connectivity index (χ1) is 5.72. The Bertz CT molecular complexity index is 274. The maximum atomic E-state index is 11.0. The minimum atomic E-state index is -0.0290. The van der Waals surface area contributed by atoms with E-state index in [-0.39, 0.29) is 5.91 Å². The van der Waals surface area contributed by atoms with E-state index >= 15 is 0 Å². The number of anilines is 1. The fourth-order valence-corrected chi connectivity index (χ4v) is 1.58. The molecule has 0 aliphatic rings. The van der Waals surface area contributed by atoms with Gasteiger partial charge in [0.1, 0.15) is 5.01 Å². The molecular weight excluding hydrogens is 194 g/mol. The minimum absolute atomic E-state index is 0.0290. The highest BCUT2D eigenvalue weighted by molar-refractivity contribution is 7.99. The lowest BCUT2D eigenvalue weighted by molar-refractivity contribution is -0.113. The summed E-state index contributed by atoms with van der Waals surface area (Å²) in [6.45, 7) is 1.85. The Morgan fingerprint density at radius 1 is 1.67 bits per heavy atom. The third-order valence-electron chi connectivity index (χ3n) is 1.05.